The Kier molecular flexibility index (Phi) is 4.04. The Labute approximate surface area is 104 Å². The first-order valence-corrected chi connectivity index (χ1v) is 6.25. The van der Waals surface area contributed by atoms with Crippen LogP contribution in [0.2, 0.25) is 0 Å². The van der Waals surface area contributed by atoms with Crippen LogP contribution in [0.25, 0.3) is 0 Å². The van der Waals surface area contributed by atoms with E-state index in [0.717, 1.165) is 19.5 Å². The van der Waals surface area contributed by atoms with E-state index in [4.69, 9.17) is 11.5 Å². The molecule has 1 aliphatic rings. The van der Waals surface area contributed by atoms with Gasteiger partial charge in [-0.25, -0.2) is 4.79 Å². The molecule has 1 aliphatic heterocycles. The smallest absolute Gasteiger partial charge is 0.320 e. The van der Waals surface area contributed by atoms with Gasteiger partial charge in [-0.2, -0.15) is 0 Å². The van der Waals surface area contributed by atoms with Gasteiger partial charge >= 0.3 is 6.03 Å². The minimum atomic E-state index is -0.291. The first-order valence-electron chi connectivity index (χ1n) is 6.25. The zero-order valence-corrected chi connectivity index (χ0v) is 11.5. The molecule has 0 bridgehead atoms. The van der Waals surface area contributed by atoms with Crippen LogP contribution in [0.4, 0.5) is 4.79 Å². The number of nitrogens with two attached hydrogens (primary N) is 2. The Morgan fingerprint density at radius 3 is 1.65 bits per heavy atom. The highest BCUT2D eigenvalue weighted by molar-refractivity contribution is 5.77. The maximum absolute atomic E-state index is 12.5. The highest BCUT2D eigenvalue weighted by atomic mass is 16.2. The molecule has 2 amide bonds. The summed E-state index contributed by atoms with van der Waals surface area (Å²) in [5.74, 6) is 0. The molecule has 4 N–H and O–H groups in total. The summed E-state index contributed by atoms with van der Waals surface area (Å²) in [6, 6.07) is 0.0575. The van der Waals surface area contributed by atoms with Crippen LogP contribution in [-0.2, 0) is 0 Å². The second-order valence-electron chi connectivity index (χ2n) is 5.97. The third-order valence-electron chi connectivity index (χ3n) is 3.69. The number of rotatable bonds is 4. The van der Waals surface area contributed by atoms with E-state index in [0.29, 0.717) is 13.1 Å². The van der Waals surface area contributed by atoms with Gasteiger partial charge in [-0.05, 0) is 34.1 Å². The highest BCUT2D eigenvalue weighted by Gasteiger charge is 2.40. The van der Waals surface area contributed by atoms with Crippen molar-refractivity contribution in [1.29, 1.82) is 0 Å². The molecule has 1 heterocycles. The van der Waals surface area contributed by atoms with Crippen LogP contribution in [0.15, 0.2) is 0 Å². The number of urea groups is 1. The number of hydrogen-bond acceptors (Lipinski definition) is 3. The zero-order valence-electron chi connectivity index (χ0n) is 11.5. The highest BCUT2D eigenvalue weighted by Crippen LogP contribution is 2.25. The Morgan fingerprint density at radius 1 is 1.00 bits per heavy atom. The van der Waals surface area contributed by atoms with E-state index in [2.05, 4.69) is 0 Å². The Balaban J connectivity index is 2.90. The van der Waals surface area contributed by atoms with Gasteiger partial charge in [-0.15, -0.1) is 0 Å². The molecule has 0 aromatic rings. The fraction of sp³-hybridized carbons (Fsp3) is 0.917. The first-order chi connectivity index (χ1) is 7.76. The van der Waals surface area contributed by atoms with E-state index in [9.17, 15) is 4.79 Å². The molecular formula is C12H26N4O. The maximum Gasteiger partial charge on any atom is 0.320 e. The quantitative estimate of drug-likeness (QED) is 0.757. The molecule has 0 radical (unpaired) electrons. The summed E-state index contributed by atoms with van der Waals surface area (Å²) in [4.78, 5) is 16.2. The number of carbonyl (C=O) groups is 1. The fourth-order valence-corrected chi connectivity index (χ4v) is 2.07. The average Bonchev–Trinajstić information content (AvgIpc) is 2.28. The summed E-state index contributed by atoms with van der Waals surface area (Å²) >= 11 is 0. The van der Waals surface area contributed by atoms with Gasteiger partial charge in [0.2, 0.25) is 0 Å². The van der Waals surface area contributed by atoms with E-state index in [1.165, 1.54) is 0 Å². The molecule has 1 fully saturated rings. The molecule has 0 aromatic carbocycles. The first kappa shape index (κ1) is 14.3. The largest absolute Gasteiger partial charge is 0.328 e. The molecule has 0 unspecified atom stereocenters. The van der Waals surface area contributed by atoms with Crippen LogP contribution in [0.1, 0.15) is 34.1 Å². The number of amides is 2. The van der Waals surface area contributed by atoms with Crippen LogP contribution in [0, 0.1) is 0 Å². The monoisotopic (exact) mass is 242 g/mol. The molecule has 0 aliphatic carbocycles. The molecule has 1 rings (SSSR count). The van der Waals surface area contributed by atoms with Gasteiger partial charge in [0.05, 0.1) is 11.1 Å². The third kappa shape index (κ3) is 2.72. The van der Waals surface area contributed by atoms with Gasteiger partial charge in [0, 0.05) is 26.2 Å². The van der Waals surface area contributed by atoms with Crippen molar-refractivity contribution in [2.45, 2.75) is 45.2 Å². The van der Waals surface area contributed by atoms with Gasteiger partial charge in [0.25, 0.3) is 0 Å². The topological polar surface area (TPSA) is 75.6 Å². The van der Waals surface area contributed by atoms with Gasteiger partial charge in [-0.1, -0.05) is 0 Å². The number of carbonyl (C=O) groups excluding carboxylic acids is 1. The molecule has 5 nitrogen and oxygen atoms in total. The van der Waals surface area contributed by atoms with Crippen LogP contribution >= 0.6 is 0 Å². The summed E-state index contributed by atoms with van der Waals surface area (Å²) < 4.78 is 0. The lowest BCUT2D eigenvalue weighted by Crippen LogP contribution is -2.65. The van der Waals surface area contributed by atoms with Crippen molar-refractivity contribution < 1.29 is 4.79 Å². The number of hydrogen-bond donors (Lipinski definition) is 2. The SMILES string of the molecule is CC(C)(CN)N1CCCN(C(C)(C)CN)C1=O. The van der Waals surface area contributed by atoms with Crippen molar-refractivity contribution in [3.8, 4) is 0 Å². The Bertz CT molecular complexity index is 262. The van der Waals surface area contributed by atoms with E-state index in [-0.39, 0.29) is 17.1 Å². The van der Waals surface area contributed by atoms with Crippen molar-refractivity contribution in [3.63, 3.8) is 0 Å². The van der Waals surface area contributed by atoms with E-state index in [1.54, 1.807) is 0 Å². The normalized spacial score (nSPS) is 18.8. The molecule has 0 saturated carbocycles. The lowest BCUT2D eigenvalue weighted by Gasteiger charge is -2.49. The minimum absolute atomic E-state index is 0.0575. The van der Waals surface area contributed by atoms with Crippen molar-refractivity contribution in [2.75, 3.05) is 26.2 Å². The van der Waals surface area contributed by atoms with Crippen molar-refractivity contribution in [3.05, 3.63) is 0 Å². The summed E-state index contributed by atoms with van der Waals surface area (Å²) in [5, 5.41) is 0. The van der Waals surface area contributed by atoms with Gasteiger partial charge in [-0.3, -0.25) is 0 Å². The molecule has 17 heavy (non-hydrogen) atoms. The van der Waals surface area contributed by atoms with Crippen molar-refractivity contribution >= 4 is 6.03 Å². The lowest BCUT2D eigenvalue weighted by atomic mass is 9.98. The van der Waals surface area contributed by atoms with Crippen molar-refractivity contribution in [1.82, 2.24) is 9.80 Å². The number of nitrogens with zero attached hydrogens (tertiary/aromatic N) is 2. The molecule has 100 valence electrons. The third-order valence-corrected chi connectivity index (χ3v) is 3.69. The Morgan fingerprint density at radius 2 is 1.35 bits per heavy atom. The van der Waals surface area contributed by atoms with E-state index < -0.39 is 0 Å². The van der Waals surface area contributed by atoms with Gasteiger partial charge < -0.3 is 21.3 Å². The molecule has 5 heteroatoms. The summed E-state index contributed by atoms with van der Waals surface area (Å²) in [5.41, 5.74) is 10.9. The fourth-order valence-electron chi connectivity index (χ4n) is 2.07. The second-order valence-corrected chi connectivity index (χ2v) is 5.97. The van der Waals surface area contributed by atoms with E-state index >= 15 is 0 Å². The standard InChI is InChI=1S/C12H26N4O/c1-11(2,8-13)15-6-5-7-16(10(15)17)12(3,4)9-14/h5-9,13-14H2,1-4H3. The van der Waals surface area contributed by atoms with Crippen LogP contribution < -0.4 is 11.5 Å². The summed E-state index contributed by atoms with van der Waals surface area (Å²) in [7, 11) is 0. The molecule has 0 spiro atoms. The molecule has 0 atom stereocenters. The second kappa shape index (κ2) is 4.82. The van der Waals surface area contributed by atoms with Crippen LogP contribution in [-0.4, -0.2) is 53.1 Å². The predicted molar refractivity (Wildman–Crippen MR) is 69.7 cm³/mol. The average molecular weight is 242 g/mol. The Hall–Kier alpha value is -0.810. The molecule has 1 saturated heterocycles. The predicted octanol–water partition coefficient (Wildman–Crippen LogP) is 0.589. The molecular weight excluding hydrogens is 216 g/mol. The van der Waals surface area contributed by atoms with Crippen LogP contribution in [0.3, 0.4) is 0 Å². The minimum Gasteiger partial charge on any atom is -0.328 e. The van der Waals surface area contributed by atoms with Crippen molar-refractivity contribution in [2.24, 2.45) is 11.5 Å². The van der Waals surface area contributed by atoms with Gasteiger partial charge in [0.1, 0.15) is 0 Å². The van der Waals surface area contributed by atoms with E-state index in [1.807, 2.05) is 37.5 Å². The van der Waals surface area contributed by atoms with Crippen LogP contribution in [0.5, 0.6) is 0 Å². The lowest BCUT2D eigenvalue weighted by molar-refractivity contribution is 0.0455. The van der Waals surface area contributed by atoms with Gasteiger partial charge in [0.15, 0.2) is 0 Å². The zero-order chi connectivity index (χ0) is 13.3. The summed E-state index contributed by atoms with van der Waals surface area (Å²) in [6.45, 7) is 10.5. The summed E-state index contributed by atoms with van der Waals surface area (Å²) in [6.07, 6.45) is 0.971. The molecule has 0 aromatic heterocycles. The maximum atomic E-state index is 12.5.